The van der Waals surface area contributed by atoms with E-state index in [1.165, 1.54) is 24.3 Å². The highest BCUT2D eigenvalue weighted by Gasteiger charge is 2.16. The van der Waals surface area contributed by atoms with Crippen molar-refractivity contribution in [3.05, 3.63) is 50.4 Å². The van der Waals surface area contributed by atoms with Crippen LogP contribution in [-0.4, -0.2) is 6.61 Å². The third-order valence-corrected chi connectivity index (χ3v) is 3.90. The summed E-state index contributed by atoms with van der Waals surface area (Å²) >= 11 is 23.9. The number of ether oxygens (including phenoxy) is 1. The molecule has 2 rings (SSSR count). The molecule has 0 saturated carbocycles. The minimum atomic E-state index is -2.97. The SMILES string of the molecule is FC(F)Oc1cccc(-c2cc(Cl)c(Cl)cc2Cl)c1Cl. The number of benzene rings is 2. The van der Waals surface area contributed by atoms with E-state index in [4.69, 9.17) is 46.4 Å². The maximum atomic E-state index is 12.3. The molecular weight excluding hydrogens is 352 g/mol. The van der Waals surface area contributed by atoms with Crippen molar-refractivity contribution in [1.82, 2.24) is 0 Å². The second-order valence-corrected chi connectivity index (χ2v) is 5.34. The van der Waals surface area contributed by atoms with Crippen LogP contribution in [0.2, 0.25) is 20.1 Å². The standard InChI is InChI=1S/C13H6Cl4F2O/c14-8-5-10(16)9(15)4-7(8)6-2-1-3-11(12(6)17)20-13(18)19/h1-5,13H. The van der Waals surface area contributed by atoms with Crippen LogP contribution in [0.4, 0.5) is 8.78 Å². The van der Waals surface area contributed by atoms with Crippen LogP contribution >= 0.6 is 46.4 Å². The summed E-state index contributed by atoms with van der Waals surface area (Å²) in [6.45, 7) is -2.97. The van der Waals surface area contributed by atoms with Crippen LogP contribution in [0.3, 0.4) is 0 Å². The molecule has 1 nitrogen and oxygen atoms in total. The predicted octanol–water partition coefficient (Wildman–Crippen LogP) is 6.57. The number of hydrogen-bond acceptors (Lipinski definition) is 1. The van der Waals surface area contributed by atoms with E-state index < -0.39 is 6.61 Å². The van der Waals surface area contributed by atoms with E-state index in [0.29, 0.717) is 16.1 Å². The molecule has 0 saturated heterocycles. The predicted molar refractivity (Wildman–Crippen MR) is 78.6 cm³/mol. The fourth-order valence-electron chi connectivity index (χ4n) is 1.63. The maximum Gasteiger partial charge on any atom is 0.387 e. The lowest BCUT2D eigenvalue weighted by atomic mass is 10.1. The van der Waals surface area contributed by atoms with Gasteiger partial charge in [-0.15, -0.1) is 0 Å². The van der Waals surface area contributed by atoms with Gasteiger partial charge in [-0.2, -0.15) is 8.78 Å². The first kappa shape index (κ1) is 15.6. The Morgan fingerprint density at radius 1 is 0.850 bits per heavy atom. The van der Waals surface area contributed by atoms with Crippen LogP contribution < -0.4 is 4.74 Å². The van der Waals surface area contributed by atoms with E-state index in [1.807, 2.05) is 0 Å². The Morgan fingerprint density at radius 2 is 1.50 bits per heavy atom. The van der Waals surface area contributed by atoms with Gasteiger partial charge in [0.05, 0.1) is 20.1 Å². The Bertz CT molecular complexity index is 647. The smallest absolute Gasteiger partial charge is 0.387 e. The van der Waals surface area contributed by atoms with Crippen LogP contribution in [0.5, 0.6) is 5.75 Å². The van der Waals surface area contributed by atoms with Crippen molar-refractivity contribution in [2.24, 2.45) is 0 Å². The Hall–Kier alpha value is -0.740. The second kappa shape index (κ2) is 6.35. The molecule has 0 aliphatic rings. The third kappa shape index (κ3) is 3.29. The lowest BCUT2D eigenvalue weighted by Gasteiger charge is -2.12. The van der Waals surface area contributed by atoms with Crippen molar-refractivity contribution < 1.29 is 13.5 Å². The molecule has 0 fully saturated rings. The third-order valence-electron chi connectivity index (χ3n) is 2.48. The first-order valence-electron chi connectivity index (χ1n) is 5.28. The molecule has 0 N–H and O–H groups in total. The molecule has 0 spiro atoms. The molecule has 7 heteroatoms. The molecule has 0 aliphatic carbocycles. The molecule has 0 radical (unpaired) electrons. The van der Waals surface area contributed by atoms with Gasteiger partial charge in [0.2, 0.25) is 0 Å². The van der Waals surface area contributed by atoms with Crippen molar-refractivity contribution in [3.8, 4) is 16.9 Å². The summed E-state index contributed by atoms with van der Waals surface area (Å²) in [7, 11) is 0. The molecule has 0 amide bonds. The van der Waals surface area contributed by atoms with E-state index in [2.05, 4.69) is 4.74 Å². The number of alkyl halides is 2. The first-order valence-corrected chi connectivity index (χ1v) is 6.79. The van der Waals surface area contributed by atoms with Crippen molar-refractivity contribution in [3.63, 3.8) is 0 Å². The Morgan fingerprint density at radius 3 is 2.15 bits per heavy atom. The minimum absolute atomic E-state index is 0.0214. The van der Waals surface area contributed by atoms with Gasteiger partial charge in [-0.05, 0) is 18.2 Å². The molecule has 2 aromatic carbocycles. The summed E-state index contributed by atoms with van der Waals surface area (Å²) in [5.41, 5.74) is 0.902. The van der Waals surface area contributed by atoms with E-state index in [1.54, 1.807) is 6.07 Å². The number of hydrogen-bond donors (Lipinski definition) is 0. The molecule has 0 unspecified atom stereocenters. The van der Waals surface area contributed by atoms with Crippen LogP contribution in [0.1, 0.15) is 0 Å². The summed E-state index contributed by atoms with van der Waals surface area (Å²) in [5, 5.41) is 0.891. The Labute approximate surface area is 134 Å². The fourth-order valence-corrected chi connectivity index (χ4v) is 2.56. The maximum absolute atomic E-state index is 12.3. The summed E-state index contributed by atoms with van der Waals surface area (Å²) < 4.78 is 28.9. The van der Waals surface area contributed by atoms with Crippen LogP contribution in [-0.2, 0) is 0 Å². The van der Waals surface area contributed by atoms with Gasteiger partial charge in [0.1, 0.15) is 5.75 Å². The molecular formula is C13H6Cl4F2O. The first-order chi connectivity index (χ1) is 9.40. The molecule has 0 aliphatic heterocycles. The van der Waals surface area contributed by atoms with Crippen molar-refractivity contribution in [2.75, 3.05) is 0 Å². The quantitative estimate of drug-likeness (QED) is 0.564. The highest BCUT2D eigenvalue weighted by atomic mass is 35.5. The lowest BCUT2D eigenvalue weighted by molar-refractivity contribution is -0.0497. The zero-order valence-electron chi connectivity index (χ0n) is 9.64. The monoisotopic (exact) mass is 356 g/mol. The second-order valence-electron chi connectivity index (χ2n) is 3.74. The van der Waals surface area contributed by atoms with Crippen LogP contribution in [0.15, 0.2) is 30.3 Å². The minimum Gasteiger partial charge on any atom is -0.433 e. The van der Waals surface area contributed by atoms with Crippen LogP contribution in [0.25, 0.3) is 11.1 Å². The van der Waals surface area contributed by atoms with Gasteiger partial charge in [-0.3, -0.25) is 0 Å². The summed E-state index contributed by atoms with van der Waals surface area (Å²) in [6.07, 6.45) is 0. The van der Waals surface area contributed by atoms with Gasteiger partial charge in [-0.25, -0.2) is 0 Å². The normalized spacial score (nSPS) is 10.9. The van der Waals surface area contributed by atoms with Crippen molar-refractivity contribution >= 4 is 46.4 Å². The van der Waals surface area contributed by atoms with Gasteiger partial charge in [0.25, 0.3) is 0 Å². The topological polar surface area (TPSA) is 9.23 Å². The van der Waals surface area contributed by atoms with Crippen molar-refractivity contribution in [2.45, 2.75) is 6.61 Å². The number of halogens is 6. The largest absolute Gasteiger partial charge is 0.433 e. The fraction of sp³-hybridized carbons (Fsp3) is 0.0769. The lowest BCUT2D eigenvalue weighted by Crippen LogP contribution is -2.02. The van der Waals surface area contributed by atoms with E-state index >= 15 is 0 Å². The van der Waals surface area contributed by atoms with E-state index in [-0.39, 0.29) is 20.8 Å². The molecule has 20 heavy (non-hydrogen) atoms. The van der Waals surface area contributed by atoms with Gasteiger partial charge < -0.3 is 4.74 Å². The van der Waals surface area contributed by atoms with Gasteiger partial charge in [-0.1, -0.05) is 58.5 Å². The Kier molecular flexibility index (Phi) is 4.97. The molecule has 0 atom stereocenters. The van der Waals surface area contributed by atoms with E-state index in [0.717, 1.165) is 0 Å². The number of rotatable bonds is 3. The Balaban J connectivity index is 2.56. The van der Waals surface area contributed by atoms with Gasteiger partial charge in [0.15, 0.2) is 0 Å². The van der Waals surface area contributed by atoms with Gasteiger partial charge in [0, 0.05) is 11.1 Å². The zero-order chi connectivity index (χ0) is 14.9. The molecule has 106 valence electrons. The van der Waals surface area contributed by atoms with Crippen LogP contribution in [0, 0.1) is 0 Å². The average molecular weight is 358 g/mol. The van der Waals surface area contributed by atoms with E-state index in [9.17, 15) is 8.78 Å². The van der Waals surface area contributed by atoms with Gasteiger partial charge >= 0.3 is 6.61 Å². The zero-order valence-corrected chi connectivity index (χ0v) is 12.7. The molecule has 0 bridgehead atoms. The highest BCUT2D eigenvalue weighted by Crippen LogP contribution is 2.41. The average Bonchev–Trinajstić information content (AvgIpc) is 2.36. The molecule has 2 aromatic rings. The van der Waals surface area contributed by atoms with Crippen molar-refractivity contribution in [1.29, 1.82) is 0 Å². The summed E-state index contributed by atoms with van der Waals surface area (Å²) in [5.74, 6) is -0.138. The molecule has 0 aromatic heterocycles. The summed E-state index contributed by atoms with van der Waals surface area (Å²) in [6, 6.07) is 7.45. The highest BCUT2D eigenvalue weighted by molar-refractivity contribution is 6.44. The molecule has 0 heterocycles. The summed E-state index contributed by atoms with van der Waals surface area (Å²) in [4.78, 5) is 0.